The molecule has 1 aromatic carbocycles. The summed E-state index contributed by atoms with van der Waals surface area (Å²) in [6.07, 6.45) is 2.14. The molecule has 1 heterocycles. The second-order valence-corrected chi connectivity index (χ2v) is 6.52. The van der Waals surface area contributed by atoms with E-state index in [0.29, 0.717) is 0 Å². The summed E-state index contributed by atoms with van der Waals surface area (Å²) in [4.78, 5) is 2.82. The average molecular weight is 399 g/mol. The fourth-order valence-electron chi connectivity index (χ4n) is 1.36. The highest BCUT2D eigenvalue weighted by Crippen LogP contribution is 2.37. The topological polar surface area (TPSA) is 0 Å². The van der Waals surface area contributed by atoms with Crippen molar-refractivity contribution >= 4 is 71.7 Å². The quantitative estimate of drug-likeness (QED) is 0.384. The molecule has 0 radical (unpaired) electrons. The Hall–Kier alpha value is 0.740. The summed E-state index contributed by atoms with van der Waals surface area (Å²) in [5.74, 6) is 0. The van der Waals surface area contributed by atoms with Crippen LogP contribution < -0.4 is 0 Å². The summed E-state index contributed by atoms with van der Waals surface area (Å²) in [5, 5.41) is 2.32. The van der Waals surface area contributed by atoms with Crippen LogP contribution in [0, 0.1) is 3.57 Å². The maximum atomic E-state index is 3.50. The molecule has 14 heavy (non-hydrogen) atoms. The number of alkyl halides is 1. The molecule has 0 spiro atoms. The lowest BCUT2D eigenvalue weighted by Gasteiger charge is -2.01. The molecule has 0 unspecified atom stereocenters. The van der Waals surface area contributed by atoms with E-state index in [4.69, 9.17) is 0 Å². The van der Waals surface area contributed by atoms with Gasteiger partial charge >= 0.3 is 0 Å². The van der Waals surface area contributed by atoms with E-state index in [9.17, 15) is 0 Å². The number of benzene rings is 1. The average Bonchev–Trinajstić information content (AvgIpc) is 2.60. The molecule has 4 heteroatoms. The Labute approximate surface area is 114 Å². The molecule has 0 saturated heterocycles. The first-order valence-corrected chi connectivity index (χ1v) is 8.31. The van der Waals surface area contributed by atoms with Gasteiger partial charge in [-0.3, -0.25) is 0 Å². The number of fused-ring (bicyclic) bond motifs is 1. The first-order valence-electron chi connectivity index (χ1n) is 4.07. The summed E-state index contributed by atoms with van der Waals surface area (Å²) in [6.45, 7) is 0. The smallest absolute Gasteiger partial charge is 0.0492 e. The molecule has 0 nitrogen and oxygen atoms in total. The third-order valence-electron chi connectivity index (χ3n) is 1.98. The molecule has 1 aromatic heterocycles. The van der Waals surface area contributed by atoms with Gasteiger partial charge in [0.05, 0.1) is 0 Å². The molecule has 0 N–H and O–H groups in total. The van der Waals surface area contributed by atoms with Gasteiger partial charge in [-0.15, -0.1) is 23.1 Å². The Bertz CT molecular complexity index is 464. The fraction of sp³-hybridized carbons (Fsp3) is 0.200. The van der Waals surface area contributed by atoms with E-state index in [2.05, 4.69) is 63.0 Å². The van der Waals surface area contributed by atoms with Gasteiger partial charge in [-0.05, 0) is 46.4 Å². The van der Waals surface area contributed by atoms with Crippen LogP contribution in [-0.2, 0) is 5.33 Å². The Morgan fingerprint density at radius 3 is 2.93 bits per heavy atom. The van der Waals surface area contributed by atoms with Crippen molar-refractivity contribution in [3.63, 3.8) is 0 Å². The number of thiophene rings is 1. The monoisotopic (exact) mass is 398 g/mol. The van der Waals surface area contributed by atoms with Crippen LogP contribution >= 0.6 is 61.6 Å². The van der Waals surface area contributed by atoms with Gasteiger partial charge in [-0.1, -0.05) is 22.0 Å². The molecule has 0 amide bonds. The van der Waals surface area contributed by atoms with E-state index in [1.807, 2.05) is 23.1 Å². The zero-order chi connectivity index (χ0) is 10.1. The maximum absolute atomic E-state index is 3.50. The molecular formula is C10H8BrIS2. The minimum Gasteiger partial charge on any atom is -0.138 e. The third kappa shape index (κ3) is 1.99. The number of thioether (sulfide) groups is 1. The van der Waals surface area contributed by atoms with Gasteiger partial charge in [-0.25, -0.2) is 0 Å². The summed E-state index contributed by atoms with van der Waals surface area (Å²) in [6, 6.07) is 6.67. The molecule has 0 aliphatic carbocycles. The van der Waals surface area contributed by atoms with Crippen molar-refractivity contribution in [3.05, 3.63) is 26.6 Å². The van der Waals surface area contributed by atoms with E-state index in [1.165, 1.54) is 23.4 Å². The zero-order valence-electron chi connectivity index (χ0n) is 7.51. The van der Waals surface area contributed by atoms with Crippen LogP contribution in [0.2, 0.25) is 0 Å². The van der Waals surface area contributed by atoms with Crippen LogP contribution in [0.1, 0.15) is 4.88 Å². The Morgan fingerprint density at radius 1 is 1.50 bits per heavy atom. The van der Waals surface area contributed by atoms with Crippen LogP contribution in [0.3, 0.4) is 0 Å². The second-order valence-electron chi connectivity index (χ2n) is 2.85. The molecule has 74 valence electrons. The maximum Gasteiger partial charge on any atom is 0.0492 e. The van der Waals surface area contributed by atoms with Gasteiger partial charge in [0.15, 0.2) is 0 Å². The second kappa shape index (κ2) is 4.72. The van der Waals surface area contributed by atoms with Gasteiger partial charge in [0.2, 0.25) is 0 Å². The molecule has 2 rings (SSSR count). The molecule has 0 atom stereocenters. The molecule has 0 saturated carbocycles. The van der Waals surface area contributed by atoms with Crippen LogP contribution in [-0.4, -0.2) is 6.26 Å². The van der Waals surface area contributed by atoms with Crippen molar-refractivity contribution < 1.29 is 0 Å². The lowest BCUT2D eigenvalue weighted by molar-refractivity contribution is 1.51. The molecule has 0 fully saturated rings. The van der Waals surface area contributed by atoms with Gasteiger partial charge < -0.3 is 0 Å². The van der Waals surface area contributed by atoms with Crippen LogP contribution in [0.5, 0.6) is 0 Å². The number of hydrogen-bond acceptors (Lipinski definition) is 2. The lowest BCUT2D eigenvalue weighted by atomic mass is 10.2. The Morgan fingerprint density at radius 2 is 2.29 bits per heavy atom. The molecule has 0 bridgehead atoms. The first kappa shape index (κ1) is 11.2. The highest BCUT2D eigenvalue weighted by Gasteiger charge is 2.08. The highest BCUT2D eigenvalue weighted by atomic mass is 127. The minimum atomic E-state index is 0.955. The summed E-state index contributed by atoms with van der Waals surface area (Å²) in [5.41, 5.74) is 0. The fourth-order valence-corrected chi connectivity index (χ4v) is 5.05. The largest absolute Gasteiger partial charge is 0.138 e. The van der Waals surface area contributed by atoms with Crippen molar-refractivity contribution in [3.8, 4) is 0 Å². The van der Waals surface area contributed by atoms with Crippen molar-refractivity contribution in [2.24, 2.45) is 0 Å². The van der Waals surface area contributed by atoms with Crippen molar-refractivity contribution in [2.45, 2.75) is 10.2 Å². The van der Waals surface area contributed by atoms with E-state index >= 15 is 0 Å². The van der Waals surface area contributed by atoms with Crippen molar-refractivity contribution in [1.29, 1.82) is 0 Å². The van der Waals surface area contributed by atoms with Crippen LogP contribution in [0.15, 0.2) is 23.1 Å². The predicted octanol–water partition coefficient (Wildman–Crippen LogP) is 5.12. The first-order chi connectivity index (χ1) is 6.76. The van der Waals surface area contributed by atoms with E-state index < -0.39 is 0 Å². The number of hydrogen-bond donors (Lipinski definition) is 0. The summed E-state index contributed by atoms with van der Waals surface area (Å²) < 4.78 is 2.78. The van der Waals surface area contributed by atoms with E-state index in [1.54, 1.807) is 0 Å². The molecule has 2 aromatic rings. The van der Waals surface area contributed by atoms with Crippen molar-refractivity contribution in [1.82, 2.24) is 0 Å². The van der Waals surface area contributed by atoms with Crippen LogP contribution in [0.25, 0.3) is 10.1 Å². The van der Waals surface area contributed by atoms with Crippen molar-refractivity contribution in [2.75, 3.05) is 6.26 Å². The molecule has 0 aliphatic rings. The normalized spacial score (nSPS) is 11.1. The van der Waals surface area contributed by atoms with Gasteiger partial charge in [0, 0.05) is 23.4 Å². The Kier molecular flexibility index (Phi) is 3.79. The lowest BCUT2D eigenvalue weighted by Crippen LogP contribution is -1.76. The van der Waals surface area contributed by atoms with E-state index in [0.717, 1.165) is 5.33 Å². The molecule has 0 aliphatic heterocycles. The van der Waals surface area contributed by atoms with Gasteiger partial charge in [0.1, 0.15) is 0 Å². The number of halogens is 2. The summed E-state index contributed by atoms with van der Waals surface area (Å²) in [7, 11) is 0. The predicted molar refractivity (Wildman–Crippen MR) is 79.0 cm³/mol. The standard InChI is InChI=1S/C10H8BrIS2/c1-13-10-8(12)3-2-6-4-7(5-11)14-9(6)10/h2-4H,5H2,1H3. The number of rotatable bonds is 2. The van der Waals surface area contributed by atoms with Crippen LogP contribution in [0.4, 0.5) is 0 Å². The third-order valence-corrected chi connectivity index (χ3v) is 6.35. The SMILES string of the molecule is CSc1c(I)ccc2cc(CBr)sc12. The Balaban J connectivity index is 2.73. The summed E-state index contributed by atoms with van der Waals surface area (Å²) >= 11 is 9.63. The highest BCUT2D eigenvalue weighted by molar-refractivity contribution is 14.1. The van der Waals surface area contributed by atoms with Gasteiger partial charge in [-0.2, -0.15) is 0 Å². The van der Waals surface area contributed by atoms with E-state index in [-0.39, 0.29) is 0 Å². The molecular weight excluding hydrogens is 391 g/mol. The minimum absolute atomic E-state index is 0.955. The van der Waals surface area contributed by atoms with Gasteiger partial charge in [0.25, 0.3) is 0 Å². The zero-order valence-corrected chi connectivity index (χ0v) is 12.9.